The van der Waals surface area contributed by atoms with E-state index in [9.17, 15) is 0 Å². The van der Waals surface area contributed by atoms with E-state index in [-0.39, 0.29) is 0 Å². The molecule has 2 aromatic rings. The second-order valence-electron chi connectivity index (χ2n) is 5.07. The molecular formula is C17H24N2S. The Morgan fingerprint density at radius 2 is 1.95 bits per heavy atom. The lowest BCUT2D eigenvalue weighted by atomic mass is 10.1. The molecule has 0 aliphatic heterocycles. The minimum atomic E-state index is 0.371. The van der Waals surface area contributed by atoms with Crippen LogP contribution in [0.5, 0.6) is 0 Å². The summed E-state index contributed by atoms with van der Waals surface area (Å²) in [5.41, 5.74) is 2.70. The van der Waals surface area contributed by atoms with Gasteiger partial charge in [-0.3, -0.25) is 0 Å². The van der Waals surface area contributed by atoms with Crippen LogP contribution in [0.1, 0.15) is 37.6 Å². The summed E-state index contributed by atoms with van der Waals surface area (Å²) in [6.07, 6.45) is 5.45. The molecule has 1 aromatic carbocycles. The zero-order valence-electron chi connectivity index (χ0n) is 12.6. The van der Waals surface area contributed by atoms with E-state index in [1.54, 1.807) is 11.8 Å². The maximum atomic E-state index is 3.61. The van der Waals surface area contributed by atoms with Crippen LogP contribution in [0.2, 0.25) is 0 Å². The summed E-state index contributed by atoms with van der Waals surface area (Å²) in [5.74, 6) is 0. The summed E-state index contributed by atoms with van der Waals surface area (Å²) in [6, 6.07) is 13.5. The van der Waals surface area contributed by atoms with Gasteiger partial charge in [-0.25, -0.2) is 0 Å². The predicted molar refractivity (Wildman–Crippen MR) is 88.2 cm³/mol. The first-order valence-corrected chi connectivity index (χ1v) is 8.48. The number of aromatic nitrogens is 1. The quantitative estimate of drug-likeness (QED) is 0.757. The van der Waals surface area contributed by atoms with Gasteiger partial charge in [-0.15, -0.1) is 11.8 Å². The Bertz CT molecular complexity index is 516. The lowest BCUT2D eigenvalue weighted by molar-refractivity contribution is 0.541. The molecule has 0 aliphatic carbocycles. The maximum absolute atomic E-state index is 3.61. The van der Waals surface area contributed by atoms with E-state index in [4.69, 9.17) is 0 Å². The summed E-state index contributed by atoms with van der Waals surface area (Å²) in [7, 11) is 0. The van der Waals surface area contributed by atoms with Crippen LogP contribution in [-0.4, -0.2) is 10.8 Å². The fourth-order valence-electron chi connectivity index (χ4n) is 2.34. The molecule has 1 N–H and O–H groups in total. The third kappa shape index (κ3) is 3.90. The molecule has 0 saturated heterocycles. The molecule has 1 aromatic heterocycles. The van der Waals surface area contributed by atoms with Gasteiger partial charge in [0.05, 0.1) is 0 Å². The first kappa shape index (κ1) is 15.2. The van der Waals surface area contributed by atoms with Crippen LogP contribution in [0.4, 0.5) is 0 Å². The molecule has 0 amide bonds. The van der Waals surface area contributed by atoms with E-state index in [1.165, 1.54) is 22.6 Å². The Labute approximate surface area is 126 Å². The second-order valence-corrected chi connectivity index (χ2v) is 5.95. The molecule has 20 heavy (non-hydrogen) atoms. The summed E-state index contributed by atoms with van der Waals surface area (Å²) < 4.78 is 2.33. The van der Waals surface area contributed by atoms with E-state index < -0.39 is 0 Å². The highest BCUT2D eigenvalue weighted by molar-refractivity contribution is 7.98. The lowest BCUT2D eigenvalue weighted by Crippen LogP contribution is -2.20. The minimum absolute atomic E-state index is 0.371. The molecule has 1 atom stereocenters. The number of nitrogens with one attached hydrogen (secondary N) is 1. The van der Waals surface area contributed by atoms with Gasteiger partial charge in [0.25, 0.3) is 0 Å². The van der Waals surface area contributed by atoms with Gasteiger partial charge in [-0.2, -0.15) is 0 Å². The van der Waals surface area contributed by atoms with Crippen molar-refractivity contribution in [2.75, 3.05) is 6.26 Å². The molecule has 0 spiro atoms. The van der Waals surface area contributed by atoms with Crippen LogP contribution in [0.15, 0.2) is 47.5 Å². The fraction of sp³-hybridized carbons (Fsp3) is 0.412. The number of benzene rings is 1. The first-order valence-electron chi connectivity index (χ1n) is 7.26. The molecule has 0 aliphatic rings. The largest absolute Gasteiger partial charge is 0.350 e. The van der Waals surface area contributed by atoms with E-state index >= 15 is 0 Å². The molecule has 1 heterocycles. The predicted octanol–water partition coefficient (Wildman–Crippen LogP) is 4.47. The van der Waals surface area contributed by atoms with Gasteiger partial charge in [0.1, 0.15) is 0 Å². The normalized spacial score (nSPS) is 12.6. The number of hydrogen-bond acceptors (Lipinski definition) is 2. The third-order valence-corrected chi connectivity index (χ3v) is 4.34. The third-order valence-electron chi connectivity index (χ3n) is 3.59. The summed E-state index contributed by atoms with van der Waals surface area (Å²) in [4.78, 5) is 1.32. The number of aryl methyl sites for hydroxylation is 1. The van der Waals surface area contributed by atoms with Crippen molar-refractivity contribution in [1.29, 1.82) is 0 Å². The van der Waals surface area contributed by atoms with Crippen LogP contribution >= 0.6 is 11.8 Å². The zero-order chi connectivity index (χ0) is 14.4. The van der Waals surface area contributed by atoms with Crippen LogP contribution in [0.3, 0.4) is 0 Å². The maximum Gasteiger partial charge on any atom is 0.0364 e. The zero-order valence-corrected chi connectivity index (χ0v) is 13.4. The first-order chi connectivity index (χ1) is 9.74. The SMILES string of the molecule is CCCn1cccc1CNC(C)c1ccc(SC)cc1. The van der Waals surface area contributed by atoms with Gasteiger partial charge in [-0.1, -0.05) is 19.1 Å². The highest BCUT2D eigenvalue weighted by Crippen LogP contribution is 2.19. The van der Waals surface area contributed by atoms with Crippen molar-refractivity contribution < 1.29 is 0 Å². The van der Waals surface area contributed by atoms with Crippen molar-refractivity contribution in [3.63, 3.8) is 0 Å². The second kappa shape index (κ2) is 7.55. The highest BCUT2D eigenvalue weighted by atomic mass is 32.2. The Morgan fingerprint density at radius 1 is 1.20 bits per heavy atom. The Hall–Kier alpha value is -1.19. The highest BCUT2D eigenvalue weighted by Gasteiger charge is 2.06. The fourth-order valence-corrected chi connectivity index (χ4v) is 2.75. The number of thioether (sulfide) groups is 1. The van der Waals surface area contributed by atoms with E-state index in [0.29, 0.717) is 6.04 Å². The molecule has 1 unspecified atom stereocenters. The Balaban J connectivity index is 1.93. The average Bonchev–Trinajstić information content (AvgIpc) is 2.92. The van der Waals surface area contributed by atoms with Crippen molar-refractivity contribution in [3.8, 4) is 0 Å². The number of nitrogens with zero attached hydrogens (tertiary/aromatic N) is 1. The molecule has 2 rings (SSSR count). The van der Waals surface area contributed by atoms with Gasteiger partial charge in [0, 0.05) is 35.9 Å². The number of rotatable bonds is 7. The standard InChI is InChI=1S/C17H24N2S/c1-4-11-19-12-5-6-16(19)13-18-14(2)15-7-9-17(20-3)10-8-15/h5-10,12,14,18H,4,11,13H2,1-3H3. The molecule has 2 nitrogen and oxygen atoms in total. The lowest BCUT2D eigenvalue weighted by Gasteiger charge is -2.16. The van der Waals surface area contributed by atoms with Crippen molar-refractivity contribution >= 4 is 11.8 Å². The molecule has 0 bridgehead atoms. The van der Waals surface area contributed by atoms with Gasteiger partial charge in [-0.05, 0) is 49.4 Å². The summed E-state index contributed by atoms with van der Waals surface area (Å²) >= 11 is 1.78. The van der Waals surface area contributed by atoms with Crippen LogP contribution in [0, 0.1) is 0 Å². The van der Waals surface area contributed by atoms with Crippen LogP contribution < -0.4 is 5.32 Å². The molecule has 108 valence electrons. The van der Waals surface area contributed by atoms with Crippen LogP contribution in [0.25, 0.3) is 0 Å². The summed E-state index contributed by atoms with van der Waals surface area (Å²) in [5, 5.41) is 3.61. The molecule has 0 saturated carbocycles. The molecule has 0 fully saturated rings. The van der Waals surface area contributed by atoms with Gasteiger partial charge >= 0.3 is 0 Å². The van der Waals surface area contributed by atoms with E-state index in [0.717, 1.165) is 13.1 Å². The molecule has 3 heteroatoms. The van der Waals surface area contributed by atoms with Crippen molar-refractivity contribution in [2.24, 2.45) is 0 Å². The summed E-state index contributed by atoms with van der Waals surface area (Å²) in [6.45, 7) is 6.45. The van der Waals surface area contributed by atoms with Crippen LogP contribution in [-0.2, 0) is 13.1 Å². The van der Waals surface area contributed by atoms with Gasteiger partial charge in [0.2, 0.25) is 0 Å². The number of hydrogen-bond donors (Lipinski definition) is 1. The van der Waals surface area contributed by atoms with E-state index in [1.807, 2.05) is 0 Å². The Kier molecular flexibility index (Phi) is 5.74. The van der Waals surface area contributed by atoms with Crippen molar-refractivity contribution in [2.45, 2.75) is 44.3 Å². The van der Waals surface area contributed by atoms with Gasteiger partial charge in [0.15, 0.2) is 0 Å². The van der Waals surface area contributed by atoms with Gasteiger partial charge < -0.3 is 9.88 Å². The van der Waals surface area contributed by atoms with Crippen molar-refractivity contribution in [1.82, 2.24) is 9.88 Å². The monoisotopic (exact) mass is 288 g/mol. The molecular weight excluding hydrogens is 264 g/mol. The molecule has 0 radical (unpaired) electrons. The topological polar surface area (TPSA) is 17.0 Å². The Morgan fingerprint density at radius 3 is 2.60 bits per heavy atom. The van der Waals surface area contributed by atoms with Crippen molar-refractivity contribution in [3.05, 3.63) is 53.9 Å². The average molecular weight is 288 g/mol. The minimum Gasteiger partial charge on any atom is -0.350 e. The smallest absolute Gasteiger partial charge is 0.0364 e. The van der Waals surface area contributed by atoms with E-state index in [2.05, 4.69) is 72.6 Å².